The number of rotatable bonds is 5. The minimum atomic E-state index is 0.169. The number of amides is 1. The van der Waals surface area contributed by atoms with Crippen LogP contribution in [-0.2, 0) is 9.53 Å². The first-order valence-electron chi connectivity index (χ1n) is 8.08. The fraction of sp³-hybridized carbons (Fsp3) is 0.933. The second-order valence-corrected chi connectivity index (χ2v) is 5.93. The van der Waals surface area contributed by atoms with Gasteiger partial charge in [-0.15, -0.1) is 0 Å². The van der Waals surface area contributed by atoms with Crippen LogP contribution in [0, 0.1) is 0 Å². The number of nitrogens with zero attached hydrogens (tertiary/aromatic N) is 2. The van der Waals surface area contributed by atoms with E-state index in [4.69, 9.17) is 10.5 Å². The number of carbonyl (C=O) groups is 1. The second-order valence-electron chi connectivity index (χ2n) is 5.93. The van der Waals surface area contributed by atoms with E-state index < -0.39 is 0 Å². The molecule has 2 atom stereocenters. The minimum Gasteiger partial charge on any atom is -0.376 e. The summed E-state index contributed by atoms with van der Waals surface area (Å²) in [5.41, 5.74) is 5.92. The van der Waals surface area contributed by atoms with Crippen molar-refractivity contribution in [3.05, 3.63) is 0 Å². The zero-order chi connectivity index (χ0) is 14.4. The highest BCUT2D eigenvalue weighted by molar-refractivity contribution is 5.77. The van der Waals surface area contributed by atoms with Gasteiger partial charge >= 0.3 is 0 Å². The summed E-state index contributed by atoms with van der Waals surface area (Å²) in [6, 6.07) is 0.169. The first-order valence-corrected chi connectivity index (χ1v) is 8.08. The van der Waals surface area contributed by atoms with Gasteiger partial charge in [0.15, 0.2) is 0 Å². The van der Waals surface area contributed by atoms with Crippen LogP contribution in [0.5, 0.6) is 0 Å². The fourth-order valence-electron chi connectivity index (χ4n) is 3.16. The Balaban J connectivity index is 1.85. The summed E-state index contributed by atoms with van der Waals surface area (Å²) in [4.78, 5) is 16.7. The molecule has 20 heavy (non-hydrogen) atoms. The lowest BCUT2D eigenvalue weighted by atomic mass is 10.1. The largest absolute Gasteiger partial charge is 0.376 e. The Morgan fingerprint density at radius 3 is 2.70 bits per heavy atom. The van der Waals surface area contributed by atoms with E-state index in [1.165, 1.54) is 6.42 Å². The molecule has 0 aromatic rings. The maximum Gasteiger partial charge on any atom is 0.224 e. The summed E-state index contributed by atoms with van der Waals surface area (Å²) < 4.78 is 5.70. The Bertz CT molecular complexity index is 305. The molecule has 5 heteroatoms. The first kappa shape index (κ1) is 15.7. The predicted molar refractivity (Wildman–Crippen MR) is 79.5 cm³/mol. The van der Waals surface area contributed by atoms with Crippen LogP contribution < -0.4 is 5.73 Å². The van der Waals surface area contributed by atoms with Gasteiger partial charge in [-0.3, -0.25) is 9.69 Å². The van der Waals surface area contributed by atoms with Gasteiger partial charge in [-0.1, -0.05) is 6.92 Å². The second kappa shape index (κ2) is 7.96. The van der Waals surface area contributed by atoms with Gasteiger partial charge in [-0.05, 0) is 25.7 Å². The number of hydrogen-bond donors (Lipinski definition) is 1. The number of morpholine rings is 1. The maximum absolute atomic E-state index is 12.4. The third-order valence-corrected chi connectivity index (χ3v) is 4.53. The van der Waals surface area contributed by atoms with E-state index in [2.05, 4.69) is 11.8 Å². The number of hydrogen-bond acceptors (Lipinski definition) is 4. The van der Waals surface area contributed by atoms with E-state index in [-0.39, 0.29) is 11.9 Å². The van der Waals surface area contributed by atoms with Gasteiger partial charge in [0.25, 0.3) is 0 Å². The number of carbonyl (C=O) groups excluding carboxylic acids is 1. The molecule has 0 saturated carbocycles. The van der Waals surface area contributed by atoms with E-state index in [0.717, 1.165) is 52.0 Å². The van der Waals surface area contributed by atoms with Gasteiger partial charge in [0.05, 0.1) is 12.7 Å². The molecule has 5 nitrogen and oxygen atoms in total. The Morgan fingerprint density at radius 1 is 1.30 bits per heavy atom. The maximum atomic E-state index is 12.4. The average Bonchev–Trinajstić information content (AvgIpc) is 2.53. The lowest BCUT2D eigenvalue weighted by molar-refractivity contribution is -0.134. The number of likely N-dealkylation sites (tertiary alicyclic amines) is 1. The van der Waals surface area contributed by atoms with Gasteiger partial charge < -0.3 is 15.4 Å². The first-order chi connectivity index (χ1) is 9.74. The Kier molecular flexibility index (Phi) is 6.26. The molecule has 2 saturated heterocycles. The fourth-order valence-corrected chi connectivity index (χ4v) is 3.16. The molecule has 0 radical (unpaired) electrons. The van der Waals surface area contributed by atoms with Crippen LogP contribution in [0.25, 0.3) is 0 Å². The van der Waals surface area contributed by atoms with E-state index in [1.54, 1.807) is 0 Å². The molecule has 116 valence electrons. The van der Waals surface area contributed by atoms with Crippen molar-refractivity contribution in [3.8, 4) is 0 Å². The van der Waals surface area contributed by atoms with Crippen LogP contribution >= 0.6 is 0 Å². The van der Waals surface area contributed by atoms with Crippen molar-refractivity contribution in [2.45, 2.75) is 51.2 Å². The van der Waals surface area contributed by atoms with E-state index in [0.29, 0.717) is 19.1 Å². The number of ether oxygens (including phenoxy) is 1. The molecule has 0 aliphatic carbocycles. The molecule has 2 fully saturated rings. The van der Waals surface area contributed by atoms with E-state index >= 15 is 0 Å². The molecular formula is C15H29N3O2. The highest BCUT2D eigenvalue weighted by atomic mass is 16.5. The van der Waals surface area contributed by atoms with Crippen molar-refractivity contribution >= 4 is 5.91 Å². The molecule has 2 N–H and O–H groups in total. The average molecular weight is 283 g/mol. The van der Waals surface area contributed by atoms with Crippen molar-refractivity contribution < 1.29 is 9.53 Å². The summed E-state index contributed by atoms with van der Waals surface area (Å²) in [7, 11) is 0. The zero-order valence-electron chi connectivity index (χ0n) is 12.7. The van der Waals surface area contributed by atoms with Gasteiger partial charge in [0.2, 0.25) is 5.91 Å². The number of piperidine rings is 1. The molecule has 1 amide bonds. The third-order valence-electron chi connectivity index (χ3n) is 4.53. The van der Waals surface area contributed by atoms with Crippen LogP contribution in [0.4, 0.5) is 0 Å². The van der Waals surface area contributed by atoms with E-state index in [9.17, 15) is 4.79 Å². The van der Waals surface area contributed by atoms with Crippen molar-refractivity contribution in [2.75, 3.05) is 39.3 Å². The summed E-state index contributed by atoms with van der Waals surface area (Å²) >= 11 is 0. The smallest absolute Gasteiger partial charge is 0.224 e. The molecule has 2 aliphatic heterocycles. The Labute approximate surface area is 122 Å². The van der Waals surface area contributed by atoms with Gasteiger partial charge in [-0.2, -0.15) is 0 Å². The summed E-state index contributed by atoms with van der Waals surface area (Å²) in [5, 5.41) is 0. The standard InChI is InChI=1S/C15H29N3O2/c1-2-14-12-18(8-9-20-14)13(11-16)10-15(19)17-6-4-3-5-7-17/h13-14H,2-12,16H2,1H3. The van der Waals surface area contributed by atoms with Gasteiger partial charge in [0, 0.05) is 45.2 Å². The highest BCUT2D eigenvalue weighted by Crippen LogP contribution is 2.16. The summed E-state index contributed by atoms with van der Waals surface area (Å²) in [6.45, 7) is 7.11. The Morgan fingerprint density at radius 2 is 2.05 bits per heavy atom. The summed E-state index contributed by atoms with van der Waals surface area (Å²) in [5.74, 6) is 0.277. The van der Waals surface area contributed by atoms with Crippen LogP contribution in [0.1, 0.15) is 39.0 Å². The lowest BCUT2D eigenvalue weighted by Gasteiger charge is -2.38. The monoisotopic (exact) mass is 283 g/mol. The lowest BCUT2D eigenvalue weighted by Crippen LogP contribution is -2.52. The van der Waals surface area contributed by atoms with Crippen LogP contribution in [0.2, 0.25) is 0 Å². The molecule has 2 aliphatic rings. The van der Waals surface area contributed by atoms with Crippen molar-refractivity contribution in [1.29, 1.82) is 0 Å². The topological polar surface area (TPSA) is 58.8 Å². The van der Waals surface area contributed by atoms with E-state index in [1.807, 2.05) is 4.90 Å². The number of nitrogens with two attached hydrogens (primary N) is 1. The summed E-state index contributed by atoms with van der Waals surface area (Å²) in [6.07, 6.45) is 5.43. The third kappa shape index (κ3) is 4.17. The molecule has 0 aromatic heterocycles. The van der Waals surface area contributed by atoms with Crippen molar-refractivity contribution in [1.82, 2.24) is 9.80 Å². The van der Waals surface area contributed by atoms with Gasteiger partial charge in [0.1, 0.15) is 0 Å². The van der Waals surface area contributed by atoms with Crippen LogP contribution in [0.3, 0.4) is 0 Å². The quantitative estimate of drug-likeness (QED) is 0.812. The Hall–Kier alpha value is -0.650. The molecule has 2 heterocycles. The molecule has 0 bridgehead atoms. The molecular weight excluding hydrogens is 254 g/mol. The molecule has 2 rings (SSSR count). The van der Waals surface area contributed by atoms with Crippen LogP contribution in [-0.4, -0.2) is 67.2 Å². The normalized spacial score (nSPS) is 26.5. The van der Waals surface area contributed by atoms with Crippen molar-refractivity contribution in [2.24, 2.45) is 5.73 Å². The zero-order valence-corrected chi connectivity index (χ0v) is 12.7. The van der Waals surface area contributed by atoms with Crippen LogP contribution in [0.15, 0.2) is 0 Å². The molecule has 0 spiro atoms. The van der Waals surface area contributed by atoms with Crippen molar-refractivity contribution in [3.63, 3.8) is 0 Å². The van der Waals surface area contributed by atoms with Gasteiger partial charge in [-0.25, -0.2) is 0 Å². The molecule has 0 aromatic carbocycles. The predicted octanol–water partition coefficient (Wildman–Crippen LogP) is 0.827. The highest BCUT2D eigenvalue weighted by Gasteiger charge is 2.28. The SMILES string of the molecule is CCC1CN(C(CN)CC(=O)N2CCCCC2)CCO1. The minimum absolute atomic E-state index is 0.169. The molecule has 2 unspecified atom stereocenters.